The molecule has 1 aliphatic carbocycles. The quantitative estimate of drug-likeness (QED) is 0.816. The standard InChI is InChI=1S/C14H21NO/c1-2-15-13-7-6-12(9-13)8-11-4-3-5-14(16)10-11/h3-5,10,12-13,15-16H,2,6-9H2,1H3. The lowest BCUT2D eigenvalue weighted by Gasteiger charge is -2.12. The molecule has 0 heterocycles. The minimum atomic E-state index is 0.388. The van der Waals surface area contributed by atoms with Crippen LogP contribution in [0.3, 0.4) is 0 Å². The molecule has 2 unspecified atom stereocenters. The summed E-state index contributed by atoms with van der Waals surface area (Å²) >= 11 is 0. The molecule has 1 fully saturated rings. The Morgan fingerprint density at radius 2 is 2.25 bits per heavy atom. The van der Waals surface area contributed by atoms with Crippen molar-refractivity contribution in [2.24, 2.45) is 5.92 Å². The number of phenolic OH excluding ortho intramolecular Hbond substituents is 1. The van der Waals surface area contributed by atoms with Gasteiger partial charge in [-0.1, -0.05) is 19.1 Å². The first-order valence-corrected chi connectivity index (χ1v) is 6.29. The van der Waals surface area contributed by atoms with Gasteiger partial charge in [0.05, 0.1) is 0 Å². The zero-order chi connectivity index (χ0) is 11.4. The summed E-state index contributed by atoms with van der Waals surface area (Å²) in [6.07, 6.45) is 5.00. The Morgan fingerprint density at radius 3 is 3.00 bits per heavy atom. The van der Waals surface area contributed by atoms with Crippen molar-refractivity contribution in [3.63, 3.8) is 0 Å². The molecule has 1 aromatic carbocycles. The van der Waals surface area contributed by atoms with Crippen LogP contribution >= 0.6 is 0 Å². The van der Waals surface area contributed by atoms with Gasteiger partial charge >= 0.3 is 0 Å². The molecule has 88 valence electrons. The lowest BCUT2D eigenvalue weighted by Crippen LogP contribution is -2.25. The van der Waals surface area contributed by atoms with Crippen LogP contribution in [0.4, 0.5) is 0 Å². The van der Waals surface area contributed by atoms with Gasteiger partial charge in [-0.25, -0.2) is 0 Å². The Kier molecular flexibility index (Phi) is 3.83. The Morgan fingerprint density at radius 1 is 1.38 bits per heavy atom. The van der Waals surface area contributed by atoms with Gasteiger partial charge in [-0.3, -0.25) is 0 Å². The van der Waals surface area contributed by atoms with Gasteiger partial charge in [0.2, 0.25) is 0 Å². The first kappa shape index (κ1) is 11.5. The van der Waals surface area contributed by atoms with Crippen molar-refractivity contribution in [2.75, 3.05) is 6.54 Å². The monoisotopic (exact) mass is 219 g/mol. The molecule has 1 aromatic rings. The van der Waals surface area contributed by atoms with E-state index in [4.69, 9.17) is 0 Å². The Labute approximate surface area is 97.7 Å². The van der Waals surface area contributed by atoms with E-state index >= 15 is 0 Å². The number of benzene rings is 1. The van der Waals surface area contributed by atoms with E-state index in [0.717, 1.165) is 18.9 Å². The average Bonchev–Trinajstić information content (AvgIpc) is 2.66. The minimum absolute atomic E-state index is 0.388. The number of rotatable bonds is 4. The maximum absolute atomic E-state index is 9.41. The first-order valence-electron chi connectivity index (χ1n) is 6.29. The SMILES string of the molecule is CCNC1CCC(Cc2cccc(O)c2)C1. The second-order valence-corrected chi connectivity index (χ2v) is 4.81. The summed E-state index contributed by atoms with van der Waals surface area (Å²) in [5, 5.41) is 12.9. The van der Waals surface area contributed by atoms with E-state index in [1.807, 2.05) is 12.1 Å². The highest BCUT2D eigenvalue weighted by molar-refractivity contribution is 5.27. The van der Waals surface area contributed by atoms with E-state index in [2.05, 4.69) is 18.3 Å². The van der Waals surface area contributed by atoms with Gasteiger partial charge in [0, 0.05) is 6.04 Å². The van der Waals surface area contributed by atoms with E-state index in [0.29, 0.717) is 11.8 Å². The topological polar surface area (TPSA) is 32.3 Å². The largest absolute Gasteiger partial charge is 0.508 e. The van der Waals surface area contributed by atoms with Crippen molar-refractivity contribution in [3.8, 4) is 5.75 Å². The molecule has 2 atom stereocenters. The molecule has 0 bridgehead atoms. The number of hydrogen-bond donors (Lipinski definition) is 2. The lowest BCUT2D eigenvalue weighted by molar-refractivity contribution is 0.470. The number of phenols is 1. The summed E-state index contributed by atoms with van der Waals surface area (Å²) in [6, 6.07) is 8.38. The summed E-state index contributed by atoms with van der Waals surface area (Å²) in [5.74, 6) is 1.17. The number of aromatic hydroxyl groups is 1. The van der Waals surface area contributed by atoms with Gasteiger partial charge in [-0.05, 0) is 55.8 Å². The van der Waals surface area contributed by atoms with E-state index < -0.39 is 0 Å². The third-order valence-corrected chi connectivity index (χ3v) is 3.47. The van der Waals surface area contributed by atoms with Crippen LogP contribution in [0.25, 0.3) is 0 Å². The van der Waals surface area contributed by atoms with Gasteiger partial charge in [-0.15, -0.1) is 0 Å². The fourth-order valence-corrected chi connectivity index (χ4v) is 2.75. The van der Waals surface area contributed by atoms with Crippen molar-refractivity contribution in [3.05, 3.63) is 29.8 Å². The molecule has 2 rings (SSSR count). The molecule has 0 saturated heterocycles. The van der Waals surface area contributed by atoms with Crippen molar-refractivity contribution in [1.82, 2.24) is 5.32 Å². The van der Waals surface area contributed by atoms with Crippen LogP contribution < -0.4 is 5.32 Å². The third-order valence-electron chi connectivity index (χ3n) is 3.47. The molecular formula is C14H21NO. The molecular weight excluding hydrogens is 198 g/mol. The average molecular weight is 219 g/mol. The molecule has 0 aliphatic heterocycles. The normalized spacial score (nSPS) is 24.8. The second-order valence-electron chi connectivity index (χ2n) is 4.81. The molecule has 2 heteroatoms. The van der Waals surface area contributed by atoms with Crippen LogP contribution in [0.1, 0.15) is 31.7 Å². The van der Waals surface area contributed by atoms with E-state index in [9.17, 15) is 5.11 Å². The van der Waals surface area contributed by atoms with Crippen LogP contribution in [-0.4, -0.2) is 17.7 Å². The number of nitrogens with one attached hydrogen (secondary N) is 1. The summed E-state index contributed by atoms with van der Waals surface area (Å²) < 4.78 is 0. The summed E-state index contributed by atoms with van der Waals surface area (Å²) in [7, 11) is 0. The molecule has 16 heavy (non-hydrogen) atoms. The van der Waals surface area contributed by atoms with Crippen LogP contribution in [0, 0.1) is 5.92 Å². The Hall–Kier alpha value is -1.02. The third kappa shape index (κ3) is 2.99. The molecule has 2 nitrogen and oxygen atoms in total. The molecule has 0 amide bonds. The number of hydrogen-bond acceptors (Lipinski definition) is 2. The van der Waals surface area contributed by atoms with Crippen molar-refractivity contribution in [2.45, 2.75) is 38.6 Å². The van der Waals surface area contributed by atoms with Crippen molar-refractivity contribution >= 4 is 0 Å². The molecule has 1 aliphatic rings. The van der Waals surface area contributed by atoms with Crippen LogP contribution in [0.5, 0.6) is 5.75 Å². The highest BCUT2D eigenvalue weighted by atomic mass is 16.3. The van der Waals surface area contributed by atoms with Gasteiger partial charge in [0.15, 0.2) is 0 Å². The predicted octanol–water partition coefficient (Wildman–Crippen LogP) is 2.71. The van der Waals surface area contributed by atoms with E-state index in [1.165, 1.54) is 24.8 Å². The van der Waals surface area contributed by atoms with Crippen molar-refractivity contribution < 1.29 is 5.11 Å². The van der Waals surface area contributed by atoms with Crippen LogP contribution in [0.15, 0.2) is 24.3 Å². The molecule has 0 aromatic heterocycles. The Balaban J connectivity index is 1.87. The zero-order valence-corrected chi connectivity index (χ0v) is 9.95. The van der Waals surface area contributed by atoms with Crippen LogP contribution in [0.2, 0.25) is 0 Å². The zero-order valence-electron chi connectivity index (χ0n) is 9.95. The maximum Gasteiger partial charge on any atom is 0.115 e. The summed E-state index contributed by atoms with van der Waals surface area (Å²) in [5.41, 5.74) is 1.27. The van der Waals surface area contributed by atoms with Gasteiger partial charge in [0.25, 0.3) is 0 Å². The summed E-state index contributed by atoms with van der Waals surface area (Å²) in [4.78, 5) is 0. The second kappa shape index (κ2) is 5.35. The van der Waals surface area contributed by atoms with Crippen molar-refractivity contribution in [1.29, 1.82) is 0 Å². The fourth-order valence-electron chi connectivity index (χ4n) is 2.75. The van der Waals surface area contributed by atoms with Gasteiger partial charge in [-0.2, -0.15) is 0 Å². The Bertz CT molecular complexity index is 337. The summed E-state index contributed by atoms with van der Waals surface area (Å²) in [6.45, 7) is 3.24. The lowest BCUT2D eigenvalue weighted by atomic mass is 9.97. The van der Waals surface area contributed by atoms with Gasteiger partial charge in [0.1, 0.15) is 5.75 Å². The fraction of sp³-hybridized carbons (Fsp3) is 0.571. The highest BCUT2D eigenvalue weighted by Gasteiger charge is 2.23. The van der Waals surface area contributed by atoms with E-state index in [-0.39, 0.29) is 0 Å². The minimum Gasteiger partial charge on any atom is -0.508 e. The maximum atomic E-state index is 9.41. The van der Waals surface area contributed by atoms with Gasteiger partial charge < -0.3 is 10.4 Å². The predicted molar refractivity (Wildman–Crippen MR) is 66.6 cm³/mol. The molecule has 0 spiro atoms. The first-order chi connectivity index (χ1) is 7.78. The van der Waals surface area contributed by atoms with E-state index in [1.54, 1.807) is 6.07 Å². The highest BCUT2D eigenvalue weighted by Crippen LogP contribution is 2.29. The molecule has 0 radical (unpaired) electrons. The molecule has 2 N–H and O–H groups in total. The molecule has 1 saturated carbocycles. The van der Waals surface area contributed by atoms with Crippen LogP contribution in [-0.2, 0) is 6.42 Å². The smallest absolute Gasteiger partial charge is 0.115 e.